The largest absolute Gasteiger partial charge is 0.483 e. The van der Waals surface area contributed by atoms with E-state index in [9.17, 15) is 14.4 Å². The first-order valence-corrected chi connectivity index (χ1v) is 18.1. The molecule has 4 aliphatic rings. The van der Waals surface area contributed by atoms with Gasteiger partial charge >= 0.3 is 17.6 Å². The van der Waals surface area contributed by atoms with Gasteiger partial charge in [-0.25, -0.2) is 9.59 Å². The minimum atomic E-state index is -1.10. The summed E-state index contributed by atoms with van der Waals surface area (Å²) in [6.45, 7) is 11.3. The lowest BCUT2D eigenvalue weighted by molar-refractivity contribution is -0.188. The Morgan fingerprint density at radius 2 is 1.59 bits per heavy atom. The van der Waals surface area contributed by atoms with Crippen LogP contribution in [0.1, 0.15) is 112 Å². The van der Waals surface area contributed by atoms with E-state index in [1.165, 1.54) is 5.56 Å². The fourth-order valence-electron chi connectivity index (χ4n) is 7.97. The molecule has 2 bridgehead atoms. The van der Waals surface area contributed by atoms with Gasteiger partial charge in [-0.2, -0.15) is 0 Å². The quantitative estimate of drug-likeness (QED) is 0.0898. The highest BCUT2D eigenvalue weighted by Crippen LogP contribution is 2.48. The first kappa shape index (κ1) is 34.5. The Bertz CT molecular complexity index is 2080. The maximum atomic E-state index is 14.4. The number of esters is 2. The third-order valence-electron chi connectivity index (χ3n) is 10.8. The number of hydrogen-bond acceptors (Lipinski definition) is 7. The van der Waals surface area contributed by atoms with Crippen molar-refractivity contribution in [1.29, 1.82) is 0 Å². The van der Waals surface area contributed by atoms with Gasteiger partial charge in [-0.1, -0.05) is 86.2 Å². The molecule has 0 N–H and O–H groups in total. The van der Waals surface area contributed by atoms with E-state index in [4.69, 9.17) is 18.6 Å². The highest BCUT2D eigenvalue weighted by Gasteiger charge is 2.50. The predicted molar refractivity (Wildman–Crippen MR) is 197 cm³/mol. The second kappa shape index (κ2) is 13.7. The number of hydrogen-bond donors (Lipinski definition) is 0. The minimum absolute atomic E-state index is 0.00755. The highest BCUT2D eigenvalue weighted by atomic mass is 16.6. The number of carbonyl (C=O) groups is 2. The standard InChI is InChI=1S/C44H46O7/c1-25(2)33-19-14-27-12-15-29(16-13-27)34-20-17-30(28-10-8-7-9-11-28)22-32(34)24-37(45)48-40-38-36(51-44(5,6)41(40)50-42(33)46)21-18-31-23-35(26(3)4)43(47)49-39(31)38/h7-13,15-18,20-21,23,26,30,32,34,40-41H,14,19,22,24H2,1-6H3/t30-,32+,34+,40-,41+/m1/s1. The van der Waals surface area contributed by atoms with Gasteiger partial charge in [0.2, 0.25) is 0 Å². The molecular weight excluding hydrogens is 640 g/mol. The molecular formula is C44H46O7. The molecule has 0 radical (unpaired) electrons. The summed E-state index contributed by atoms with van der Waals surface area (Å²) in [7, 11) is 0. The van der Waals surface area contributed by atoms with E-state index in [1.807, 2.05) is 77.9 Å². The van der Waals surface area contributed by atoms with E-state index in [2.05, 4.69) is 48.6 Å². The zero-order valence-corrected chi connectivity index (χ0v) is 30.2. The predicted octanol–water partition coefficient (Wildman–Crippen LogP) is 9.40. The highest BCUT2D eigenvalue weighted by molar-refractivity contribution is 5.90. The Kier molecular flexibility index (Phi) is 9.25. The lowest BCUT2D eigenvalue weighted by atomic mass is 9.72. The van der Waals surface area contributed by atoms with Gasteiger partial charge in [-0.05, 0) is 93.7 Å². The molecule has 3 aromatic carbocycles. The van der Waals surface area contributed by atoms with Gasteiger partial charge in [0.1, 0.15) is 16.9 Å². The van der Waals surface area contributed by atoms with E-state index in [0.717, 1.165) is 23.1 Å². The van der Waals surface area contributed by atoms with Gasteiger partial charge in [0, 0.05) is 34.8 Å². The van der Waals surface area contributed by atoms with Crippen LogP contribution >= 0.6 is 0 Å². The number of allylic oxidation sites excluding steroid dienone is 3. The lowest BCUT2D eigenvalue weighted by Gasteiger charge is -2.43. The number of carbonyl (C=O) groups excluding carboxylic acids is 2. The van der Waals surface area contributed by atoms with Gasteiger partial charge in [0.25, 0.3) is 0 Å². The third-order valence-corrected chi connectivity index (χ3v) is 10.8. The van der Waals surface area contributed by atoms with Crippen LogP contribution in [0.4, 0.5) is 0 Å². The zero-order chi connectivity index (χ0) is 36.0. The Morgan fingerprint density at radius 1 is 0.843 bits per heavy atom. The molecule has 5 atom stereocenters. The summed E-state index contributed by atoms with van der Waals surface area (Å²) in [5.74, 6) is -0.455. The molecule has 264 valence electrons. The van der Waals surface area contributed by atoms with Crippen LogP contribution in [0.3, 0.4) is 0 Å². The van der Waals surface area contributed by atoms with E-state index in [-0.39, 0.29) is 35.7 Å². The van der Waals surface area contributed by atoms with Crippen molar-refractivity contribution in [3.05, 3.63) is 134 Å². The van der Waals surface area contributed by atoms with Gasteiger partial charge in [-0.3, -0.25) is 4.79 Å². The molecule has 0 saturated heterocycles. The number of rotatable bonds is 2. The van der Waals surface area contributed by atoms with Gasteiger partial charge in [-0.15, -0.1) is 0 Å². The average molecular weight is 687 g/mol. The fraction of sp³-hybridized carbons (Fsp3) is 0.386. The van der Waals surface area contributed by atoms with Crippen molar-refractivity contribution in [3.63, 3.8) is 0 Å². The Balaban J connectivity index is 1.36. The van der Waals surface area contributed by atoms with Gasteiger partial charge < -0.3 is 18.6 Å². The molecule has 3 aliphatic heterocycles. The summed E-state index contributed by atoms with van der Waals surface area (Å²) in [5, 5.41) is 0.671. The molecule has 0 fully saturated rings. The maximum absolute atomic E-state index is 14.4. The van der Waals surface area contributed by atoms with Crippen LogP contribution in [-0.2, 0) is 25.5 Å². The zero-order valence-electron chi connectivity index (χ0n) is 30.2. The number of fused-ring (bicyclic) bond motifs is 11. The van der Waals surface area contributed by atoms with Crippen LogP contribution in [0.2, 0.25) is 0 Å². The summed E-state index contributed by atoms with van der Waals surface area (Å²) < 4.78 is 25.4. The van der Waals surface area contributed by atoms with Gasteiger partial charge in [0.15, 0.2) is 12.2 Å². The third kappa shape index (κ3) is 6.78. The average Bonchev–Trinajstić information content (AvgIpc) is 3.09. The smallest absolute Gasteiger partial charge is 0.339 e. The van der Waals surface area contributed by atoms with Crippen LogP contribution in [0, 0.1) is 5.92 Å². The van der Waals surface area contributed by atoms with Crippen molar-refractivity contribution in [1.82, 2.24) is 0 Å². The number of benzene rings is 3. The first-order chi connectivity index (χ1) is 24.4. The van der Waals surface area contributed by atoms with Crippen LogP contribution in [-0.4, -0.2) is 23.6 Å². The van der Waals surface area contributed by atoms with E-state index < -0.39 is 35.4 Å². The topological polar surface area (TPSA) is 92.0 Å². The van der Waals surface area contributed by atoms with E-state index >= 15 is 0 Å². The molecule has 0 spiro atoms. The van der Waals surface area contributed by atoms with Crippen LogP contribution in [0.5, 0.6) is 5.75 Å². The summed E-state index contributed by atoms with van der Waals surface area (Å²) in [4.78, 5) is 41.7. The molecule has 7 heteroatoms. The normalized spacial score (nSPS) is 24.6. The van der Waals surface area contributed by atoms with Crippen LogP contribution in [0.25, 0.3) is 11.0 Å². The lowest BCUT2D eigenvalue weighted by Crippen LogP contribution is -2.52. The fourth-order valence-corrected chi connectivity index (χ4v) is 7.97. The second-order valence-electron chi connectivity index (χ2n) is 15.3. The van der Waals surface area contributed by atoms with Crippen molar-refractivity contribution in [2.45, 2.75) is 103 Å². The summed E-state index contributed by atoms with van der Waals surface area (Å²) in [5.41, 5.74) is 4.50. The Morgan fingerprint density at radius 3 is 2.29 bits per heavy atom. The molecule has 0 saturated carbocycles. The van der Waals surface area contributed by atoms with Crippen LogP contribution < -0.4 is 10.4 Å². The molecule has 1 aromatic heterocycles. The second-order valence-corrected chi connectivity index (χ2v) is 15.3. The molecule has 0 unspecified atom stereocenters. The molecule has 0 amide bonds. The SMILES string of the molecule is CC(C)=C1CCc2ccc(cc2)[C@@H]2C=C[C@@H](c3ccccc3)C[C@H]2CC(=O)O[C@@H]2c3c(ccc4cc(C(C)C)c(=O)oc34)OC(C)(C)[C@H]2OC1=O. The van der Waals surface area contributed by atoms with Crippen molar-refractivity contribution in [2.24, 2.45) is 5.92 Å². The molecule has 4 aromatic rings. The summed E-state index contributed by atoms with van der Waals surface area (Å²) >= 11 is 0. The summed E-state index contributed by atoms with van der Waals surface area (Å²) in [6.07, 6.45) is 4.42. The van der Waals surface area contributed by atoms with Crippen molar-refractivity contribution in [2.75, 3.05) is 0 Å². The molecule has 4 heterocycles. The molecule has 1 aliphatic carbocycles. The minimum Gasteiger partial charge on any atom is -0.483 e. The Hall–Kier alpha value is -4.91. The molecule has 51 heavy (non-hydrogen) atoms. The first-order valence-electron chi connectivity index (χ1n) is 18.1. The number of aryl methyl sites for hydroxylation is 1. The van der Waals surface area contributed by atoms with Crippen LogP contribution in [0.15, 0.2) is 105 Å². The van der Waals surface area contributed by atoms with E-state index in [0.29, 0.717) is 40.7 Å². The van der Waals surface area contributed by atoms with Crippen molar-refractivity contribution >= 4 is 22.9 Å². The molecule has 8 rings (SSSR count). The number of ether oxygens (including phenoxy) is 3. The summed E-state index contributed by atoms with van der Waals surface area (Å²) in [6, 6.07) is 24.4. The van der Waals surface area contributed by atoms with E-state index in [1.54, 1.807) is 0 Å². The molecule has 7 nitrogen and oxygen atoms in total. The maximum Gasteiger partial charge on any atom is 0.339 e. The van der Waals surface area contributed by atoms with Gasteiger partial charge in [0.05, 0.1) is 5.56 Å². The van der Waals surface area contributed by atoms with Crippen molar-refractivity contribution in [3.8, 4) is 5.75 Å². The van der Waals surface area contributed by atoms with Crippen molar-refractivity contribution < 1.29 is 28.2 Å². The monoisotopic (exact) mass is 686 g/mol. The Labute approximate surface area is 299 Å².